The topological polar surface area (TPSA) is 81.9 Å². The van der Waals surface area contributed by atoms with Crippen LogP contribution in [0, 0.1) is 0 Å². The third-order valence-electron chi connectivity index (χ3n) is 3.76. The molecule has 7 heteroatoms. The standard InChI is InChI=1S/C14H22N2O4S/c1-19-13-8-16(9-14(13)20-2)21(17,18)10-12-5-3-4-11(6-12)7-15/h3-6,13-14H,7-10,15H2,1-2H3. The molecule has 2 rings (SSSR count). The fourth-order valence-electron chi connectivity index (χ4n) is 2.54. The van der Waals surface area contributed by atoms with Crippen molar-refractivity contribution < 1.29 is 17.9 Å². The number of methoxy groups -OCH3 is 2. The fourth-order valence-corrected chi connectivity index (χ4v) is 4.07. The van der Waals surface area contributed by atoms with Gasteiger partial charge in [0.1, 0.15) is 0 Å². The van der Waals surface area contributed by atoms with Crippen molar-refractivity contribution in [2.75, 3.05) is 27.3 Å². The van der Waals surface area contributed by atoms with Gasteiger partial charge in [-0.3, -0.25) is 0 Å². The summed E-state index contributed by atoms with van der Waals surface area (Å²) < 4.78 is 37.0. The van der Waals surface area contributed by atoms with Crippen LogP contribution in [0.5, 0.6) is 0 Å². The lowest BCUT2D eigenvalue weighted by atomic mass is 10.1. The normalized spacial score (nSPS) is 23.6. The Balaban J connectivity index is 2.11. The maximum atomic E-state index is 12.5. The first-order valence-electron chi connectivity index (χ1n) is 6.81. The van der Waals surface area contributed by atoms with E-state index in [4.69, 9.17) is 15.2 Å². The van der Waals surface area contributed by atoms with Crippen LogP contribution >= 0.6 is 0 Å². The van der Waals surface area contributed by atoms with Gasteiger partial charge in [0.05, 0.1) is 18.0 Å². The number of benzene rings is 1. The fraction of sp³-hybridized carbons (Fsp3) is 0.571. The minimum Gasteiger partial charge on any atom is -0.377 e. The van der Waals surface area contributed by atoms with Crippen LogP contribution in [0.15, 0.2) is 24.3 Å². The zero-order valence-electron chi connectivity index (χ0n) is 12.4. The Morgan fingerprint density at radius 3 is 2.29 bits per heavy atom. The largest absolute Gasteiger partial charge is 0.377 e. The van der Waals surface area contributed by atoms with E-state index in [-0.39, 0.29) is 18.0 Å². The van der Waals surface area contributed by atoms with E-state index in [9.17, 15) is 8.42 Å². The number of hydrogen-bond donors (Lipinski definition) is 1. The van der Waals surface area contributed by atoms with Crippen LogP contribution in [-0.4, -0.2) is 52.2 Å². The maximum Gasteiger partial charge on any atom is 0.218 e. The highest BCUT2D eigenvalue weighted by molar-refractivity contribution is 7.88. The summed E-state index contributed by atoms with van der Waals surface area (Å²) in [7, 11) is -0.258. The molecule has 0 aromatic heterocycles. The van der Waals surface area contributed by atoms with Gasteiger partial charge in [-0.15, -0.1) is 0 Å². The highest BCUT2D eigenvalue weighted by Gasteiger charge is 2.38. The van der Waals surface area contributed by atoms with E-state index in [2.05, 4.69) is 0 Å². The molecule has 118 valence electrons. The van der Waals surface area contributed by atoms with Gasteiger partial charge in [-0.1, -0.05) is 24.3 Å². The summed E-state index contributed by atoms with van der Waals surface area (Å²) in [6, 6.07) is 7.34. The lowest BCUT2D eigenvalue weighted by molar-refractivity contribution is -0.00461. The second-order valence-electron chi connectivity index (χ2n) is 5.15. The third-order valence-corrected chi connectivity index (χ3v) is 5.54. The second-order valence-corrected chi connectivity index (χ2v) is 7.11. The molecular weight excluding hydrogens is 292 g/mol. The Morgan fingerprint density at radius 1 is 1.19 bits per heavy atom. The Kier molecular flexibility index (Phi) is 5.34. The van der Waals surface area contributed by atoms with E-state index in [1.807, 2.05) is 18.2 Å². The molecule has 1 saturated heterocycles. The minimum absolute atomic E-state index is 0.0340. The van der Waals surface area contributed by atoms with Gasteiger partial charge in [0.25, 0.3) is 0 Å². The van der Waals surface area contributed by atoms with Gasteiger partial charge in [-0.25, -0.2) is 8.42 Å². The predicted octanol–water partition coefficient (Wildman–Crippen LogP) is 0.321. The molecule has 1 heterocycles. The van der Waals surface area contributed by atoms with Crippen molar-refractivity contribution in [3.05, 3.63) is 35.4 Å². The van der Waals surface area contributed by atoms with E-state index in [0.29, 0.717) is 19.6 Å². The maximum absolute atomic E-state index is 12.5. The van der Waals surface area contributed by atoms with Crippen molar-refractivity contribution >= 4 is 10.0 Å². The highest BCUT2D eigenvalue weighted by atomic mass is 32.2. The molecule has 6 nitrogen and oxygen atoms in total. The summed E-state index contributed by atoms with van der Waals surface area (Å²) in [5.41, 5.74) is 7.25. The van der Waals surface area contributed by atoms with Crippen LogP contribution in [0.4, 0.5) is 0 Å². The second kappa shape index (κ2) is 6.85. The summed E-state index contributed by atoms with van der Waals surface area (Å²) in [5.74, 6) is -0.0340. The van der Waals surface area contributed by atoms with E-state index < -0.39 is 10.0 Å². The molecule has 1 aromatic rings. The molecule has 1 fully saturated rings. The van der Waals surface area contributed by atoms with Gasteiger partial charge in [0.15, 0.2) is 0 Å². The molecule has 2 unspecified atom stereocenters. The molecule has 0 spiro atoms. The molecule has 2 atom stereocenters. The van der Waals surface area contributed by atoms with Gasteiger partial charge in [-0.05, 0) is 11.1 Å². The minimum atomic E-state index is -3.39. The molecule has 0 bridgehead atoms. The van der Waals surface area contributed by atoms with Crippen LogP contribution < -0.4 is 5.73 Å². The molecule has 2 N–H and O–H groups in total. The molecule has 1 aliphatic heterocycles. The molecule has 0 amide bonds. The smallest absolute Gasteiger partial charge is 0.218 e. The molecule has 0 aliphatic carbocycles. The van der Waals surface area contributed by atoms with Crippen molar-refractivity contribution in [1.29, 1.82) is 0 Å². The number of ether oxygens (including phenoxy) is 2. The summed E-state index contributed by atoms with van der Waals surface area (Å²) in [6.07, 6.45) is -0.444. The molecular formula is C14H22N2O4S. The average molecular weight is 314 g/mol. The van der Waals surface area contributed by atoms with E-state index in [0.717, 1.165) is 11.1 Å². The van der Waals surface area contributed by atoms with Gasteiger partial charge in [0.2, 0.25) is 10.0 Å². The predicted molar refractivity (Wildman–Crippen MR) is 80.1 cm³/mol. The quantitative estimate of drug-likeness (QED) is 0.818. The van der Waals surface area contributed by atoms with Crippen LogP contribution in [0.2, 0.25) is 0 Å². The van der Waals surface area contributed by atoms with Crippen molar-refractivity contribution in [2.24, 2.45) is 5.73 Å². The molecule has 0 saturated carbocycles. The van der Waals surface area contributed by atoms with Crippen molar-refractivity contribution in [3.8, 4) is 0 Å². The SMILES string of the molecule is COC1CN(S(=O)(=O)Cc2cccc(CN)c2)CC1OC. The van der Waals surface area contributed by atoms with Crippen LogP contribution in [0.25, 0.3) is 0 Å². The number of nitrogens with two attached hydrogens (primary N) is 1. The van der Waals surface area contributed by atoms with Gasteiger partial charge in [0, 0.05) is 33.9 Å². The Labute approximate surface area is 125 Å². The Morgan fingerprint density at radius 2 is 1.76 bits per heavy atom. The number of hydrogen-bond acceptors (Lipinski definition) is 5. The summed E-state index contributed by atoms with van der Waals surface area (Å²) >= 11 is 0. The molecule has 0 radical (unpaired) electrons. The first-order chi connectivity index (χ1) is 10.00. The number of rotatable bonds is 6. The molecule has 21 heavy (non-hydrogen) atoms. The average Bonchev–Trinajstić information content (AvgIpc) is 2.91. The lowest BCUT2D eigenvalue weighted by Gasteiger charge is -2.16. The zero-order valence-corrected chi connectivity index (χ0v) is 13.2. The van der Waals surface area contributed by atoms with Crippen molar-refractivity contribution in [1.82, 2.24) is 4.31 Å². The van der Waals surface area contributed by atoms with E-state index >= 15 is 0 Å². The van der Waals surface area contributed by atoms with Crippen molar-refractivity contribution in [2.45, 2.75) is 24.5 Å². The molecule has 1 aliphatic rings. The van der Waals surface area contributed by atoms with Crippen molar-refractivity contribution in [3.63, 3.8) is 0 Å². The third kappa shape index (κ3) is 3.81. The monoisotopic (exact) mass is 314 g/mol. The zero-order chi connectivity index (χ0) is 15.5. The van der Waals surface area contributed by atoms with Gasteiger partial charge >= 0.3 is 0 Å². The molecule has 1 aromatic carbocycles. The highest BCUT2D eigenvalue weighted by Crippen LogP contribution is 2.21. The summed E-state index contributed by atoms with van der Waals surface area (Å²) in [6.45, 7) is 1.05. The number of nitrogens with zero attached hydrogens (tertiary/aromatic N) is 1. The van der Waals surface area contributed by atoms with Crippen LogP contribution in [-0.2, 0) is 31.8 Å². The summed E-state index contributed by atoms with van der Waals surface area (Å²) in [4.78, 5) is 0. The van der Waals surface area contributed by atoms with Gasteiger partial charge < -0.3 is 15.2 Å². The lowest BCUT2D eigenvalue weighted by Crippen LogP contribution is -2.31. The van der Waals surface area contributed by atoms with Crippen LogP contribution in [0.3, 0.4) is 0 Å². The first-order valence-corrected chi connectivity index (χ1v) is 8.42. The van der Waals surface area contributed by atoms with E-state index in [1.165, 1.54) is 4.31 Å². The van der Waals surface area contributed by atoms with Gasteiger partial charge in [-0.2, -0.15) is 4.31 Å². The van der Waals surface area contributed by atoms with Crippen LogP contribution in [0.1, 0.15) is 11.1 Å². The Hall–Kier alpha value is -0.990. The van der Waals surface area contributed by atoms with E-state index in [1.54, 1.807) is 20.3 Å². The first kappa shape index (κ1) is 16.4. The number of sulfonamides is 1. The summed E-state index contributed by atoms with van der Waals surface area (Å²) in [5, 5.41) is 0. The Bertz CT molecular complexity index is 564.